The quantitative estimate of drug-likeness (QED) is 0.615. The number of allylic oxidation sites excluding steroid dienone is 2. The second-order valence-corrected chi connectivity index (χ2v) is 10.00. The molecule has 3 aromatic rings. The first-order valence-corrected chi connectivity index (χ1v) is 11.9. The van der Waals surface area contributed by atoms with Gasteiger partial charge in [0.1, 0.15) is 12.3 Å². The number of aromatic nitrogens is 1. The number of rotatable bonds is 1. The van der Waals surface area contributed by atoms with Crippen molar-refractivity contribution >= 4 is 33.4 Å². The van der Waals surface area contributed by atoms with Crippen LogP contribution in [0.4, 0.5) is 5.69 Å². The number of fused-ring (bicyclic) bond motifs is 13. The lowest BCUT2D eigenvalue weighted by Gasteiger charge is -2.47. The molecular weight excluding hydrogens is 414 g/mol. The highest BCUT2D eigenvalue weighted by atomic mass is 16.6. The average Bonchev–Trinajstić information content (AvgIpc) is 3.46. The van der Waals surface area contributed by atoms with Crippen LogP contribution in [-0.2, 0) is 21.7 Å². The van der Waals surface area contributed by atoms with Gasteiger partial charge in [0.05, 0.1) is 28.3 Å². The summed E-state index contributed by atoms with van der Waals surface area (Å²) in [7, 11) is 1.79. The summed E-state index contributed by atoms with van der Waals surface area (Å²) in [6.45, 7) is 2.75. The molecule has 0 saturated carbocycles. The number of anilines is 1. The zero-order valence-corrected chi connectivity index (χ0v) is 18.7. The van der Waals surface area contributed by atoms with Crippen molar-refractivity contribution < 1.29 is 14.3 Å². The van der Waals surface area contributed by atoms with Gasteiger partial charge in [0, 0.05) is 35.9 Å². The number of nitrogens with zero attached hydrogens (tertiary/aromatic N) is 2. The van der Waals surface area contributed by atoms with Crippen molar-refractivity contribution in [3.05, 3.63) is 65.3 Å². The molecule has 5 heterocycles. The molecule has 0 spiro atoms. The van der Waals surface area contributed by atoms with Gasteiger partial charge < -0.3 is 24.3 Å². The Labute approximate surface area is 191 Å². The van der Waals surface area contributed by atoms with Gasteiger partial charge in [0.2, 0.25) is 0 Å². The molecule has 6 heteroatoms. The molecule has 1 N–H and O–H groups in total. The topological polar surface area (TPSA) is 55.7 Å². The van der Waals surface area contributed by atoms with Crippen molar-refractivity contribution in [3.63, 3.8) is 0 Å². The molecule has 6 nitrogen and oxygen atoms in total. The minimum atomic E-state index is -0.648. The second kappa shape index (κ2) is 5.88. The summed E-state index contributed by atoms with van der Waals surface area (Å²) in [5, 5.41) is 5.50. The number of carbonyl (C=O) groups excluding carboxylic acids is 1. The Morgan fingerprint density at radius 2 is 2.03 bits per heavy atom. The molecule has 33 heavy (non-hydrogen) atoms. The number of benzene rings is 2. The van der Waals surface area contributed by atoms with Gasteiger partial charge in [-0.15, -0.1) is 0 Å². The number of ether oxygens (including phenoxy) is 2. The van der Waals surface area contributed by atoms with Gasteiger partial charge in [-0.3, -0.25) is 4.79 Å². The van der Waals surface area contributed by atoms with Crippen LogP contribution in [0.25, 0.3) is 21.8 Å². The fraction of sp³-hybridized carbons (Fsp3) is 0.370. The summed E-state index contributed by atoms with van der Waals surface area (Å²) >= 11 is 0. The predicted molar refractivity (Wildman–Crippen MR) is 126 cm³/mol. The molecule has 166 valence electrons. The molecular formula is C27H25N3O3. The van der Waals surface area contributed by atoms with Crippen LogP contribution in [0.3, 0.4) is 0 Å². The van der Waals surface area contributed by atoms with Crippen LogP contribution >= 0.6 is 0 Å². The highest BCUT2D eigenvalue weighted by Crippen LogP contribution is 2.58. The normalized spacial score (nSPS) is 32.9. The number of methoxy groups -OCH3 is 1. The maximum Gasteiger partial charge on any atom is 0.252 e. The van der Waals surface area contributed by atoms with Gasteiger partial charge in [0.25, 0.3) is 5.91 Å². The Kier molecular flexibility index (Phi) is 3.27. The van der Waals surface area contributed by atoms with Gasteiger partial charge >= 0.3 is 0 Å². The van der Waals surface area contributed by atoms with Crippen molar-refractivity contribution in [3.8, 4) is 0 Å². The summed E-state index contributed by atoms with van der Waals surface area (Å²) in [4.78, 5) is 15.7. The first-order valence-electron chi connectivity index (χ1n) is 11.9. The monoisotopic (exact) mass is 439 g/mol. The number of nitrogens with one attached hydrogen (secondary N) is 1. The molecule has 1 aromatic heterocycles. The van der Waals surface area contributed by atoms with Crippen molar-refractivity contribution in [1.29, 1.82) is 0 Å². The number of amides is 1. The van der Waals surface area contributed by atoms with Crippen molar-refractivity contribution in [2.24, 2.45) is 0 Å². The second-order valence-electron chi connectivity index (χ2n) is 10.00. The fourth-order valence-electron chi connectivity index (χ4n) is 7.36. The molecule has 8 rings (SSSR count). The third kappa shape index (κ3) is 1.94. The summed E-state index contributed by atoms with van der Waals surface area (Å²) in [6.07, 6.45) is 10.5. The SMILES string of the molecule is CO[C@H]1CC[C@H]2O[C@@]1(C)n1c3ccccc3c3c4c(c5c(c31)N2C1C=CC=CC51)C(=O)NC4. The fourth-order valence-corrected chi connectivity index (χ4v) is 7.36. The average molecular weight is 440 g/mol. The van der Waals surface area contributed by atoms with Crippen LogP contribution in [0.2, 0.25) is 0 Å². The Bertz CT molecular complexity index is 1470. The first kappa shape index (κ1) is 18.3. The van der Waals surface area contributed by atoms with Crippen LogP contribution < -0.4 is 10.2 Å². The number of hydrogen-bond acceptors (Lipinski definition) is 4. The molecule has 1 amide bonds. The Balaban J connectivity index is 1.64. The van der Waals surface area contributed by atoms with E-state index >= 15 is 0 Å². The molecule has 1 aliphatic carbocycles. The van der Waals surface area contributed by atoms with Crippen LogP contribution in [0.5, 0.6) is 0 Å². The third-order valence-electron chi connectivity index (χ3n) is 8.58. The summed E-state index contributed by atoms with van der Waals surface area (Å²) in [6, 6.07) is 8.69. The summed E-state index contributed by atoms with van der Waals surface area (Å²) in [5.41, 5.74) is 6.01. The van der Waals surface area contributed by atoms with E-state index in [1.165, 1.54) is 22.0 Å². The van der Waals surface area contributed by atoms with Crippen molar-refractivity contribution in [2.45, 2.75) is 56.3 Å². The van der Waals surface area contributed by atoms with Gasteiger partial charge in [-0.25, -0.2) is 0 Å². The maximum absolute atomic E-state index is 13.3. The zero-order valence-electron chi connectivity index (χ0n) is 18.7. The molecule has 2 aromatic carbocycles. The number of carbonyl (C=O) groups is 1. The standard InChI is InChI=1S/C27H25N3O3/c1-27-19(32-2)11-12-20(33-27)29-17-9-5-3-7-14(17)22-23-16(13-28-26(23)31)21-15-8-4-6-10-18(15)30(27)25(21)24(22)29/h3-10,14,17,19-20H,11-13H2,1-2H3,(H,28,31)/t14?,17?,19-,20+,27+/m0/s1. The van der Waals surface area contributed by atoms with Gasteiger partial charge in [0.15, 0.2) is 5.72 Å². The third-order valence-corrected chi connectivity index (χ3v) is 8.58. The van der Waals surface area contributed by atoms with E-state index in [1.807, 2.05) is 0 Å². The van der Waals surface area contributed by atoms with E-state index in [1.54, 1.807) is 7.11 Å². The lowest BCUT2D eigenvalue weighted by Crippen LogP contribution is -2.55. The van der Waals surface area contributed by atoms with Crippen LogP contribution in [0.15, 0.2) is 48.6 Å². The molecule has 5 atom stereocenters. The highest BCUT2D eigenvalue weighted by Gasteiger charge is 2.55. The molecule has 1 fully saturated rings. The van der Waals surface area contributed by atoms with E-state index in [4.69, 9.17) is 9.47 Å². The molecule has 0 radical (unpaired) electrons. The van der Waals surface area contributed by atoms with Crippen molar-refractivity contribution in [1.82, 2.24) is 9.88 Å². The lowest BCUT2D eigenvalue weighted by atomic mass is 9.85. The Hall–Kier alpha value is -3.09. The minimum Gasteiger partial charge on any atom is -0.376 e. The lowest BCUT2D eigenvalue weighted by molar-refractivity contribution is -0.228. The zero-order chi connectivity index (χ0) is 22.1. The van der Waals surface area contributed by atoms with E-state index in [0.29, 0.717) is 6.54 Å². The van der Waals surface area contributed by atoms with E-state index in [9.17, 15) is 4.79 Å². The van der Waals surface area contributed by atoms with Gasteiger partial charge in [-0.2, -0.15) is 0 Å². The largest absolute Gasteiger partial charge is 0.376 e. The van der Waals surface area contributed by atoms with E-state index in [0.717, 1.165) is 35.0 Å². The smallest absolute Gasteiger partial charge is 0.252 e. The number of para-hydroxylation sites is 1. The predicted octanol–water partition coefficient (Wildman–Crippen LogP) is 4.27. The van der Waals surface area contributed by atoms with Crippen LogP contribution in [0.1, 0.15) is 47.2 Å². The Morgan fingerprint density at radius 1 is 1.18 bits per heavy atom. The van der Waals surface area contributed by atoms with Crippen LogP contribution in [0, 0.1) is 0 Å². The maximum atomic E-state index is 13.3. The van der Waals surface area contributed by atoms with E-state index in [-0.39, 0.29) is 30.2 Å². The van der Waals surface area contributed by atoms with Crippen LogP contribution in [-0.4, -0.2) is 36.0 Å². The van der Waals surface area contributed by atoms with Gasteiger partial charge in [-0.05, 0) is 31.4 Å². The molecule has 1 saturated heterocycles. The van der Waals surface area contributed by atoms with Crippen molar-refractivity contribution in [2.75, 3.05) is 12.0 Å². The summed E-state index contributed by atoms with van der Waals surface area (Å²) in [5.74, 6) is 0.194. The minimum absolute atomic E-state index is 0.0488. The highest BCUT2D eigenvalue weighted by molar-refractivity contribution is 6.20. The molecule has 2 unspecified atom stereocenters. The van der Waals surface area contributed by atoms with E-state index in [2.05, 4.69) is 70.3 Å². The Morgan fingerprint density at radius 3 is 2.91 bits per heavy atom. The first-order chi connectivity index (χ1) is 16.1. The molecule has 2 bridgehead atoms. The van der Waals surface area contributed by atoms with E-state index < -0.39 is 5.72 Å². The van der Waals surface area contributed by atoms with Gasteiger partial charge in [-0.1, -0.05) is 42.5 Å². The molecule has 4 aliphatic heterocycles. The number of hydrogen-bond donors (Lipinski definition) is 1. The molecule has 5 aliphatic rings. The summed E-state index contributed by atoms with van der Waals surface area (Å²) < 4.78 is 15.5.